The van der Waals surface area contributed by atoms with Gasteiger partial charge in [-0.1, -0.05) is 84.4 Å². The molecule has 238 valence electrons. The Hall–Kier alpha value is -1.40. The predicted molar refractivity (Wildman–Crippen MR) is 183 cm³/mol. The summed E-state index contributed by atoms with van der Waals surface area (Å²) < 4.78 is 19.3. The topological polar surface area (TPSA) is 44.8 Å². The molecule has 2 aliphatic rings. The van der Waals surface area contributed by atoms with E-state index in [1.165, 1.54) is 5.57 Å². The van der Waals surface area contributed by atoms with Crippen LogP contribution in [0.4, 0.5) is 0 Å². The van der Waals surface area contributed by atoms with Gasteiger partial charge in [0.05, 0.1) is 18.8 Å². The van der Waals surface area contributed by atoms with Crippen LogP contribution in [0.3, 0.4) is 0 Å². The number of hydrogen-bond donors (Lipinski definition) is 0. The minimum atomic E-state index is -1.97. The second kappa shape index (κ2) is 15.1. The molecule has 0 aromatic carbocycles. The zero-order chi connectivity index (χ0) is 31.9. The molecule has 0 aromatic heterocycles. The summed E-state index contributed by atoms with van der Waals surface area (Å²) in [7, 11) is -3.91. The zero-order valence-electron chi connectivity index (χ0n) is 29.2. The number of allylic oxidation sites excluding steroid dienone is 4. The van der Waals surface area contributed by atoms with Gasteiger partial charge in [0.1, 0.15) is 0 Å². The standard InChI is InChI=1S/C36H62O4Si2/c1-14-16-19-27(3)32(39-41(10,11)35(4,5)6)23-22-30-31-25-28(20-17-18-21-34(37)38-15-2)24-29(31)26-33(30)40-42(12,13)36(7,8)9/h17,20,22-24,27,29-33H,15,18-19,21,25-26H2,1-13H3/t27?,29-,30-,31-,32+,33+/m0/s1. The Morgan fingerprint density at radius 1 is 1.10 bits per heavy atom. The van der Waals surface area contributed by atoms with Crippen molar-refractivity contribution in [1.29, 1.82) is 0 Å². The molecule has 0 saturated heterocycles. The fourth-order valence-corrected chi connectivity index (χ4v) is 8.18. The van der Waals surface area contributed by atoms with Crippen molar-refractivity contribution in [3.8, 4) is 11.8 Å². The summed E-state index contributed by atoms with van der Waals surface area (Å²) in [5.41, 5.74) is 1.39. The Bertz CT molecular complexity index is 1040. The maximum absolute atomic E-state index is 11.7. The second-order valence-corrected chi connectivity index (χ2v) is 25.1. The van der Waals surface area contributed by atoms with Gasteiger partial charge >= 0.3 is 5.97 Å². The van der Waals surface area contributed by atoms with Crippen molar-refractivity contribution in [2.45, 2.75) is 143 Å². The summed E-state index contributed by atoms with van der Waals surface area (Å²) in [6.45, 7) is 29.9. The normalized spacial score (nSPS) is 24.8. The number of carbonyl (C=O) groups excluding carboxylic acids is 1. The maximum atomic E-state index is 11.7. The summed E-state index contributed by atoms with van der Waals surface area (Å²) in [5, 5.41) is 0.314. The van der Waals surface area contributed by atoms with Gasteiger partial charge in [-0.2, -0.15) is 0 Å². The molecule has 6 atom stereocenters. The smallest absolute Gasteiger partial charge is 0.306 e. The third-order valence-electron chi connectivity index (χ3n) is 10.2. The average Bonchev–Trinajstić information content (AvgIpc) is 3.38. The lowest BCUT2D eigenvalue weighted by Gasteiger charge is -2.41. The Labute approximate surface area is 261 Å². The highest BCUT2D eigenvalue weighted by molar-refractivity contribution is 6.74. The fourth-order valence-electron chi connectivity index (χ4n) is 5.48. The highest BCUT2D eigenvalue weighted by Crippen LogP contribution is 2.51. The first kappa shape index (κ1) is 36.8. The van der Waals surface area contributed by atoms with Crippen LogP contribution in [0, 0.1) is 35.5 Å². The molecule has 0 heterocycles. The monoisotopic (exact) mass is 614 g/mol. The first-order valence-corrected chi connectivity index (χ1v) is 22.1. The van der Waals surface area contributed by atoms with E-state index in [9.17, 15) is 4.79 Å². The zero-order valence-corrected chi connectivity index (χ0v) is 31.2. The van der Waals surface area contributed by atoms with E-state index >= 15 is 0 Å². The van der Waals surface area contributed by atoms with Crippen LogP contribution in [0.1, 0.15) is 94.4 Å². The van der Waals surface area contributed by atoms with Crippen molar-refractivity contribution in [3.05, 3.63) is 36.0 Å². The lowest BCUT2D eigenvalue weighted by molar-refractivity contribution is -0.143. The molecule has 6 heteroatoms. The predicted octanol–water partition coefficient (Wildman–Crippen LogP) is 9.85. The number of hydrogen-bond acceptors (Lipinski definition) is 4. The van der Waals surface area contributed by atoms with Crippen LogP contribution < -0.4 is 0 Å². The molecule has 2 aliphatic carbocycles. The molecule has 2 rings (SSSR count). The minimum Gasteiger partial charge on any atom is -0.466 e. The minimum absolute atomic E-state index is 0.0379. The second-order valence-electron chi connectivity index (χ2n) is 15.6. The fraction of sp³-hybridized carbons (Fsp3) is 0.750. The Kier molecular flexibility index (Phi) is 13.2. The Balaban J connectivity index is 2.33. The number of carbonyl (C=O) groups is 1. The van der Waals surface area contributed by atoms with Crippen molar-refractivity contribution in [2.75, 3.05) is 6.61 Å². The summed E-state index contributed by atoms with van der Waals surface area (Å²) in [6.07, 6.45) is 16.1. The molecule has 42 heavy (non-hydrogen) atoms. The van der Waals surface area contributed by atoms with Crippen LogP contribution in [0.5, 0.6) is 0 Å². The molecule has 0 bridgehead atoms. The van der Waals surface area contributed by atoms with Gasteiger partial charge in [0, 0.05) is 18.8 Å². The highest BCUT2D eigenvalue weighted by atomic mass is 28.4. The van der Waals surface area contributed by atoms with Gasteiger partial charge in [0.2, 0.25) is 0 Å². The molecule has 1 unspecified atom stereocenters. The molecule has 1 saturated carbocycles. The number of rotatable bonds is 13. The van der Waals surface area contributed by atoms with Crippen molar-refractivity contribution in [2.24, 2.45) is 23.7 Å². The van der Waals surface area contributed by atoms with E-state index in [2.05, 4.69) is 117 Å². The third kappa shape index (κ3) is 10.1. The van der Waals surface area contributed by atoms with Crippen LogP contribution in [-0.4, -0.2) is 41.4 Å². The van der Waals surface area contributed by atoms with Gasteiger partial charge in [0.25, 0.3) is 0 Å². The first-order valence-electron chi connectivity index (χ1n) is 16.3. The van der Waals surface area contributed by atoms with E-state index in [0.717, 1.165) is 25.7 Å². The van der Waals surface area contributed by atoms with E-state index in [1.807, 2.05) is 13.8 Å². The average molecular weight is 615 g/mol. The van der Waals surface area contributed by atoms with Gasteiger partial charge in [-0.15, -0.1) is 11.8 Å². The van der Waals surface area contributed by atoms with Gasteiger partial charge < -0.3 is 13.6 Å². The van der Waals surface area contributed by atoms with E-state index in [0.29, 0.717) is 36.7 Å². The number of ether oxygens (including phenoxy) is 1. The van der Waals surface area contributed by atoms with E-state index in [-0.39, 0.29) is 28.3 Å². The van der Waals surface area contributed by atoms with E-state index in [4.69, 9.17) is 13.6 Å². The van der Waals surface area contributed by atoms with Crippen molar-refractivity contribution in [1.82, 2.24) is 0 Å². The molecular weight excluding hydrogens is 553 g/mol. The first-order chi connectivity index (χ1) is 19.3. The lowest BCUT2D eigenvalue weighted by Crippen LogP contribution is -2.45. The number of fused-ring (bicyclic) bond motifs is 1. The SMILES string of the molecule is CC#CCC(C)[C@@H](C=C[C@H]1[C@H]2CC(C=CCCC(=O)OCC)=C[C@H]2C[C@H]1O[Si](C)(C)C(C)(C)C)O[Si](C)(C)C(C)(C)C. The molecule has 0 radical (unpaired) electrons. The molecule has 0 aliphatic heterocycles. The van der Waals surface area contributed by atoms with Crippen molar-refractivity contribution < 1.29 is 18.4 Å². The highest BCUT2D eigenvalue weighted by Gasteiger charge is 2.49. The number of esters is 1. The van der Waals surface area contributed by atoms with Crippen molar-refractivity contribution in [3.63, 3.8) is 0 Å². The van der Waals surface area contributed by atoms with Gasteiger partial charge in [-0.25, -0.2) is 0 Å². The van der Waals surface area contributed by atoms with Crippen LogP contribution in [0.2, 0.25) is 36.3 Å². The van der Waals surface area contributed by atoms with Gasteiger partial charge in [0.15, 0.2) is 16.6 Å². The maximum Gasteiger partial charge on any atom is 0.306 e. The summed E-state index contributed by atoms with van der Waals surface area (Å²) >= 11 is 0. The molecule has 0 N–H and O–H groups in total. The van der Waals surface area contributed by atoms with Crippen LogP contribution >= 0.6 is 0 Å². The van der Waals surface area contributed by atoms with E-state index < -0.39 is 16.6 Å². The Morgan fingerprint density at radius 2 is 1.74 bits per heavy atom. The van der Waals surface area contributed by atoms with E-state index in [1.54, 1.807) is 0 Å². The summed E-state index contributed by atoms with van der Waals surface area (Å²) in [5.74, 6) is 7.98. The quantitative estimate of drug-likeness (QED) is 0.0896. The van der Waals surface area contributed by atoms with Crippen LogP contribution in [0.25, 0.3) is 0 Å². The van der Waals surface area contributed by atoms with Gasteiger partial charge in [-0.05, 0) is 87.1 Å². The largest absolute Gasteiger partial charge is 0.466 e. The molecular formula is C36H62O4Si2. The Morgan fingerprint density at radius 3 is 2.31 bits per heavy atom. The van der Waals surface area contributed by atoms with Gasteiger partial charge in [-0.3, -0.25) is 4.79 Å². The summed E-state index contributed by atoms with van der Waals surface area (Å²) in [6, 6.07) is 0. The van der Waals surface area contributed by atoms with Crippen LogP contribution in [0.15, 0.2) is 36.0 Å². The summed E-state index contributed by atoms with van der Waals surface area (Å²) in [4.78, 5) is 11.7. The molecule has 0 aromatic rings. The van der Waals surface area contributed by atoms with Crippen LogP contribution in [-0.2, 0) is 18.4 Å². The molecule has 1 fully saturated rings. The van der Waals surface area contributed by atoms with Crippen molar-refractivity contribution >= 4 is 22.6 Å². The molecule has 0 amide bonds. The third-order valence-corrected chi connectivity index (χ3v) is 19.2. The molecule has 0 spiro atoms. The molecule has 4 nitrogen and oxygen atoms in total. The lowest BCUT2D eigenvalue weighted by atomic mass is 9.88.